The lowest BCUT2D eigenvalue weighted by Gasteiger charge is -2.38. The number of nitrogens with zero attached hydrogens (tertiary/aromatic N) is 1. The number of ether oxygens (including phenoxy) is 2. The van der Waals surface area contributed by atoms with Gasteiger partial charge in [0.25, 0.3) is 5.91 Å². The summed E-state index contributed by atoms with van der Waals surface area (Å²) in [5, 5.41) is 8.73. The van der Waals surface area contributed by atoms with E-state index in [0.717, 1.165) is 0 Å². The average molecular weight is 358 g/mol. The Morgan fingerprint density at radius 3 is 2.52 bits per heavy atom. The Kier molecular flexibility index (Phi) is 4.72. The molecule has 0 unspecified atom stereocenters. The highest BCUT2D eigenvalue weighted by atomic mass is 79.9. The van der Waals surface area contributed by atoms with Crippen molar-refractivity contribution >= 4 is 27.8 Å². The van der Waals surface area contributed by atoms with Crippen molar-refractivity contribution in [2.24, 2.45) is 5.92 Å². The maximum atomic E-state index is 12.5. The van der Waals surface area contributed by atoms with Gasteiger partial charge < -0.3 is 19.5 Å². The van der Waals surface area contributed by atoms with Crippen LogP contribution in [0.3, 0.4) is 0 Å². The van der Waals surface area contributed by atoms with E-state index >= 15 is 0 Å². The SMILES string of the molecule is COc1cc(Br)c(OC)c(C(=O)N2CC(CC(=O)O)C2)c1. The van der Waals surface area contributed by atoms with Crippen LogP contribution >= 0.6 is 15.9 Å². The number of carboxylic acids is 1. The van der Waals surface area contributed by atoms with Crippen LogP contribution in [-0.2, 0) is 4.79 Å². The van der Waals surface area contributed by atoms with Gasteiger partial charge in [0.2, 0.25) is 0 Å². The number of carbonyl (C=O) groups excluding carboxylic acids is 1. The Morgan fingerprint density at radius 2 is 2.00 bits per heavy atom. The number of amides is 1. The number of hydrogen-bond donors (Lipinski definition) is 1. The van der Waals surface area contributed by atoms with Crippen LogP contribution < -0.4 is 9.47 Å². The van der Waals surface area contributed by atoms with Gasteiger partial charge in [0.05, 0.1) is 30.7 Å². The first-order valence-electron chi connectivity index (χ1n) is 6.38. The molecule has 0 radical (unpaired) electrons. The molecule has 1 amide bonds. The minimum Gasteiger partial charge on any atom is -0.497 e. The van der Waals surface area contributed by atoms with E-state index in [0.29, 0.717) is 34.6 Å². The second-order valence-corrected chi connectivity index (χ2v) is 5.72. The number of methoxy groups -OCH3 is 2. The molecule has 2 rings (SSSR count). The molecule has 0 aliphatic carbocycles. The third-order valence-corrected chi connectivity index (χ3v) is 3.98. The van der Waals surface area contributed by atoms with Crippen LogP contribution in [0.4, 0.5) is 0 Å². The monoisotopic (exact) mass is 357 g/mol. The number of hydrogen-bond acceptors (Lipinski definition) is 4. The van der Waals surface area contributed by atoms with Crippen molar-refractivity contribution in [3.05, 3.63) is 22.2 Å². The Labute approximate surface area is 130 Å². The summed E-state index contributed by atoms with van der Waals surface area (Å²) in [4.78, 5) is 24.7. The second kappa shape index (κ2) is 6.34. The van der Waals surface area contributed by atoms with Gasteiger partial charge in [-0.25, -0.2) is 0 Å². The molecule has 114 valence electrons. The minimum absolute atomic E-state index is 0.0199. The number of carboxylic acid groups (broad SMARTS) is 1. The van der Waals surface area contributed by atoms with E-state index in [1.165, 1.54) is 14.2 Å². The normalized spacial score (nSPS) is 14.5. The summed E-state index contributed by atoms with van der Waals surface area (Å²) in [6, 6.07) is 3.34. The highest BCUT2D eigenvalue weighted by molar-refractivity contribution is 9.10. The standard InChI is InChI=1S/C14H16BrNO5/c1-20-9-4-10(13(21-2)11(15)5-9)14(19)16-6-8(7-16)3-12(17)18/h4-5,8H,3,6-7H2,1-2H3,(H,17,18). The summed E-state index contributed by atoms with van der Waals surface area (Å²) in [7, 11) is 3.02. The van der Waals surface area contributed by atoms with Crippen LogP contribution in [0.2, 0.25) is 0 Å². The fourth-order valence-corrected chi connectivity index (χ4v) is 2.94. The average Bonchev–Trinajstić information content (AvgIpc) is 2.40. The molecule has 1 fully saturated rings. The molecule has 0 spiro atoms. The number of carbonyl (C=O) groups is 2. The zero-order valence-corrected chi connectivity index (χ0v) is 13.3. The molecule has 0 aromatic heterocycles. The van der Waals surface area contributed by atoms with E-state index in [4.69, 9.17) is 14.6 Å². The fourth-order valence-electron chi connectivity index (χ4n) is 2.33. The Morgan fingerprint density at radius 1 is 1.33 bits per heavy atom. The maximum absolute atomic E-state index is 12.5. The molecule has 6 nitrogen and oxygen atoms in total. The fraction of sp³-hybridized carbons (Fsp3) is 0.429. The van der Waals surface area contributed by atoms with E-state index in [1.54, 1.807) is 17.0 Å². The van der Waals surface area contributed by atoms with Crippen molar-refractivity contribution in [2.75, 3.05) is 27.3 Å². The van der Waals surface area contributed by atoms with Gasteiger partial charge in [-0.1, -0.05) is 0 Å². The van der Waals surface area contributed by atoms with Crippen molar-refractivity contribution in [2.45, 2.75) is 6.42 Å². The lowest BCUT2D eigenvalue weighted by molar-refractivity contribution is -0.139. The summed E-state index contributed by atoms with van der Waals surface area (Å²) in [6.45, 7) is 0.895. The smallest absolute Gasteiger partial charge is 0.303 e. The Bertz CT molecular complexity index is 569. The molecular formula is C14H16BrNO5. The van der Waals surface area contributed by atoms with Crippen LogP contribution in [0.5, 0.6) is 11.5 Å². The molecule has 21 heavy (non-hydrogen) atoms. The van der Waals surface area contributed by atoms with Crippen LogP contribution in [0.25, 0.3) is 0 Å². The van der Waals surface area contributed by atoms with E-state index in [2.05, 4.69) is 15.9 Å². The maximum Gasteiger partial charge on any atom is 0.303 e. The summed E-state index contributed by atoms with van der Waals surface area (Å²) >= 11 is 3.35. The topological polar surface area (TPSA) is 76.1 Å². The molecule has 1 N–H and O–H groups in total. The van der Waals surface area contributed by atoms with Gasteiger partial charge in [0, 0.05) is 19.0 Å². The van der Waals surface area contributed by atoms with E-state index in [-0.39, 0.29) is 18.2 Å². The van der Waals surface area contributed by atoms with Gasteiger partial charge in [-0.2, -0.15) is 0 Å². The molecule has 1 aromatic carbocycles. The first-order chi connectivity index (χ1) is 9.96. The highest BCUT2D eigenvalue weighted by Crippen LogP contribution is 2.35. The van der Waals surface area contributed by atoms with Gasteiger partial charge in [-0.15, -0.1) is 0 Å². The summed E-state index contributed by atoms with van der Waals surface area (Å²) < 4.78 is 11.1. The molecule has 1 heterocycles. The van der Waals surface area contributed by atoms with Gasteiger partial charge >= 0.3 is 5.97 Å². The van der Waals surface area contributed by atoms with Gasteiger partial charge in [-0.3, -0.25) is 9.59 Å². The summed E-state index contributed by atoms with van der Waals surface area (Å²) in [5.74, 6) is -0.00972. The van der Waals surface area contributed by atoms with E-state index in [9.17, 15) is 9.59 Å². The second-order valence-electron chi connectivity index (χ2n) is 4.86. The lowest BCUT2D eigenvalue weighted by atomic mass is 9.95. The number of benzene rings is 1. The predicted molar refractivity (Wildman–Crippen MR) is 78.9 cm³/mol. The molecule has 0 atom stereocenters. The van der Waals surface area contributed by atoms with Crippen molar-refractivity contribution in [3.8, 4) is 11.5 Å². The number of aliphatic carboxylic acids is 1. The Balaban J connectivity index is 2.16. The van der Waals surface area contributed by atoms with Crippen LogP contribution in [-0.4, -0.2) is 49.2 Å². The molecular weight excluding hydrogens is 342 g/mol. The van der Waals surface area contributed by atoms with Crippen molar-refractivity contribution in [3.63, 3.8) is 0 Å². The largest absolute Gasteiger partial charge is 0.497 e. The zero-order valence-electron chi connectivity index (χ0n) is 11.8. The van der Waals surface area contributed by atoms with Crippen LogP contribution in [0.1, 0.15) is 16.8 Å². The third kappa shape index (κ3) is 3.29. The minimum atomic E-state index is -0.839. The predicted octanol–water partition coefficient (Wildman–Crippen LogP) is 2.01. The van der Waals surface area contributed by atoms with Crippen LogP contribution in [0.15, 0.2) is 16.6 Å². The van der Waals surface area contributed by atoms with Crippen molar-refractivity contribution < 1.29 is 24.2 Å². The van der Waals surface area contributed by atoms with Crippen molar-refractivity contribution in [1.82, 2.24) is 4.90 Å². The molecule has 0 bridgehead atoms. The summed E-state index contributed by atoms with van der Waals surface area (Å²) in [5.41, 5.74) is 0.400. The van der Waals surface area contributed by atoms with Crippen LogP contribution in [0, 0.1) is 5.92 Å². The Hall–Kier alpha value is -1.76. The number of rotatable bonds is 5. The molecule has 1 aliphatic heterocycles. The van der Waals surface area contributed by atoms with Gasteiger partial charge in [-0.05, 0) is 28.1 Å². The molecule has 7 heteroatoms. The third-order valence-electron chi connectivity index (χ3n) is 3.40. The first-order valence-corrected chi connectivity index (χ1v) is 7.18. The van der Waals surface area contributed by atoms with E-state index < -0.39 is 5.97 Å². The molecule has 1 aromatic rings. The first kappa shape index (κ1) is 15.6. The molecule has 1 aliphatic rings. The van der Waals surface area contributed by atoms with Crippen molar-refractivity contribution in [1.29, 1.82) is 0 Å². The van der Waals surface area contributed by atoms with E-state index in [1.807, 2.05) is 0 Å². The molecule has 1 saturated heterocycles. The number of likely N-dealkylation sites (tertiary alicyclic amines) is 1. The zero-order chi connectivity index (χ0) is 15.6. The quantitative estimate of drug-likeness (QED) is 0.872. The highest BCUT2D eigenvalue weighted by Gasteiger charge is 2.34. The lowest BCUT2D eigenvalue weighted by Crippen LogP contribution is -2.50. The summed E-state index contributed by atoms with van der Waals surface area (Å²) in [6.07, 6.45) is 0.0860. The van der Waals surface area contributed by atoms with Gasteiger partial charge in [0.1, 0.15) is 11.5 Å². The molecule has 0 saturated carbocycles. The number of halogens is 1. The van der Waals surface area contributed by atoms with Gasteiger partial charge in [0.15, 0.2) is 0 Å².